The van der Waals surface area contributed by atoms with Gasteiger partial charge < -0.3 is 4.74 Å². The number of allylic oxidation sites excluding steroid dienone is 1. The zero-order chi connectivity index (χ0) is 21.2. The molecule has 0 bridgehead atoms. The van der Waals surface area contributed by atoms with Crippen molar-refractivity contribution in [3.05, 3.63) is 83.9 Å². The molecule has 4 heteroatoms. The molecule has 2 aromatic carbocycles. The van der Waals surface area contributed by atoms with Crippen molar-refractivity contribution in [2.24, 2.45) is 4.99 Å². The molecule has 4 nitrogen and oxygen atoms in total. The van der Waals surface area contributed by atoms with Crippen LogP contribution in [0, 0.1) is 0 Å². The Bertz CT molecular complexity index is 902. The quantitative estimate of drug-likeness (QED) is 0.370. The maximum atomic E-state index is 13.0. The van der Waals surface area contributed by atoms with Crippen LogP contribution in [0.3, 0.4) is 0 Å². The van der Waals surface area contributed by atoms with E-state index in [1.165, 1.54) is 18.9 Å². The van der Waals surface area contributed by atoms with Gasteiger partial charge in [0.25, 0.3) is 5.91 Å². The third kappa shape index (κ3) is 5.76. The lowest BCUT2D eigenvalue weighted by Crippen LogP contribution is -2.38. The third-order valence-electron chi connectivity index (χ3n) is 5.24. The van der Waals surface area contributed by atoms with Crippen molar-refractivity contribution in [3.8, 4) is 0 Å². The summed E-state index contributed by atoms with van der Waals surface area (Å²) in [6.45, 7) is 2.17. The third-order valence-corrected chi connectivity index (χ3v) is 5.24. The highest BCUT2D eigenvalue weighted by Gasteiger charge is 2.45. The number of unbranched alkanes of at least 4 members (excludes halogenated alkanes) is 4. The number of amides is 1. The number of rotatable bonds is 11. The molecule has 0 aromatic heterocycles. The van der Waals surface area contributed by atoms with Crippen molar-refractivity contribution in [3.63, 3.8) is 0 Å². The van der Waals surface area contributed by atoms with Gasteiger partial charge in [-0.15, -0.1) is 0 Å². The van der Waals surface area contributed by atoms with E-state index in [0.29, 0.717) is 18.7 Å². The van der Waals surface area contributed by atoms with E-state index in [0.717, 1.165) is 30.4 Å². The van der Waals surface area contributed by atoms with Gasteiger partial charge in [0.2, 0.25) is 11.5 Å². The number of ether oxygens (including phenoxy) is 1. The Balaban J connectivity index is 1.74. The number of hydrogen-bond acceptors (Lipinski definition) is 3. The van der Waals surface area contributed by atoms with E-state index < -0.39 is 5.60 Å². The van der Waals surface area contributed by atoms with Crippen LogP contribution in [0.25, 0.3) is 0 Å². The van der Waals surface area contributed by atoms with E-state index in [-0.39, 0.29) is 11.7 Å². The van der Waals surface area contributed by atoms with Gasteiger partial charge in [-0.3, -0.25) is 9.59 Å². The Morgan fingerprint density at radius 3 is 2.33 bits per heavy atom. The maximum absolute atomic E-state index is 13.0. The van der Waals surface area contributed by atoms with Crippen LogP contribution in [-0.4, -0.2) is 23.2 Å². The molecule has 0 aliphatic carbocycles. The number of carbonyl (C=O) groups is 2. The second kappa shape index (κ2) is 10.7. The van der Waals surface area contributed by atoms with Crippen LogP contribution in [0.2, 0.25) is 0 Å². The fourth-order valence-electron chi connectivity index (χ4n) is 3.52. The molecular formula is C26H29NO3. The van der Waals surface area contributed by atoms with Crippen LogP contribution in [0.4, 0.5) is 0 Å². The second-order valence-electron chi connectivity index (χ2n) is 7.71. The first-order chi connectivity index (χ1) is 14.6. The number of hydrogen-bond donors (Lipinski definition) is 0. The number of aliphatic imine (C=N–C) groups is 1. The highest BCUT2D eigenvalue weighted by Crippen LogP contribution is 2.29. The number of ketones is 1. The normalized spacial score (nSPS) is 18.4. The molecule has 0 spiro atoms. The molecule has 1 atom stereocenters. The molecule has 1 aliphatic rings. The smallest absolute Gasteiger partial charge is 0.297 e. The van der Waals surface area contributed by atoms with Gasteiger partial charge in [-0.1, -0.05) is 81.1 Å². The molecule has 0 radical (unpaired) electrons. The summed E-state index contributed by atoms with van der Waals surface area (Å²) in [4.78, 5) is 29.5. The van der Waals surface area contributed by atoms with Gasteiger partial charge in [-0.25, -0.2) is 0 Å². The number of carbonyl (C=O) groups excluding carboxylic acids is 2. The molecule has 0 unspecified atom stereocenters. The monoisotopic (exact) mass is 403 g/mol. The lowest BCUT2D eigenvalue weighted by Gasteiger charge is -2.23. The lowest BCUT2D eigenvalue weighted by molar-refractivity contribution is -0.127. The first-order valence-electron chi connectivity index (χ1n) is 10.8. The van der Waals surface area contributed by atoms with Gasteiger partial charge in [0.15, 0.2) is 5.78 Å². The van der Waals surface area contributed by atoms with Crippen molar-refractivity contribution in [1.29, 1.82) is 0 Å². The highest BCUT2D eigenvalue weighted by atomic mass is 16.5. The van der Waals surface area contributed by atoms with E-state index in [1.807, 2.05) is 60.7 Å². The molecule has 156 valence electrons. The zero-order valence-electron chi connectivity index (χ0n) is 17.5. The summed E-state index contributed by atoms with van der Waals surface area (Å²) in [5.41, 5.74) is 0.410. The van der Waals surface area contributed by atoms with E-state index in [2.05, 4.69) is 11.9 Å². The summed E-state index contributed by atoms with van der Waals surface area (Å²) >= 11 is 0. The lowest BCUT2D eigenvalue weighted by atomic mass is 9.92. The van der Waals surface area contributed by atoms with Gasteiger partial charge in [0.1, 0.15) is 0 Å². The van der Waals surface area contributed by atoms with E-state index in [4.69, 9.17) is 4.74 Å². The SMILES string of the molecule is CCCCCCCC(=O)/C=C/[C@@]1(Cc2ccccc2)OC(c2ccccc2)=NC1=O. The molecule has 1 heterocycles. The average Bonchev–Trinajstić information content (AvgIpc) is 3.10. The maximum Gasteiger partial charge on any atom is 0.297 e. The van der Waals surface area contributed by atoms with Crippen molar-refractivity contribution in [2.75, 3.05) is 0 Å². The van der Waals surface area contributed by atoms with Crippen LogP contribution in [0.1, 0.15) is 56.6 Å². The molecule has 0 fully saturated rings. The fraction of sp³-hybridized carbons (Fsp3) is 0.346. The van der Waals surface area contributed by atoms with Gasteiger partial charge in [0.05, 0.1) is 0 Å². The molecule has 1 aliphatic heterocycles. The van der Waals surface area contributed by atoms with Crippen LogP contribution in [0.15, 0.2) is 77.8 Å². The predicted molar refractivity (Wildman–Crippen MR) is 119 cm³/mol. The Hall–Kier alpha value is -3.01. The van der Waals surface area contributed by atoms with Crippen LogP contribution in [0.5, 0.6) is 0 Å². The molecule has 2 aromatic rings. The molecule has 0 saturated carbocycles. The molecule has 0 saturated heterocycles. The molecular weight excluding hydrogens is 374 g/mol. The van der Waals surface area contributed by atoms with Crippen LogP contribution < -0.4 is 0 Å². The summed E-state index contributed by atoms with van der Waals surface area (Å²) in [6, 6.07) is 19.0. The molecule has 30 heavy (non-hydrogen) atoms. The molecule has 0 N–H and O–H groups in total. The van der Waals surface area contributed by atoms with E-state index in [1.54, 1.807) is 6.08 Å². The summed E-state index contributed by atoms with van der Waals surface area (Å²) in [6.07, 6.45) is 9.39. The number of nitrogens with zero attached hydrogens (tertiary/aromatic N) is 1. The second-order valence-corrected chi connectivity index (χ2v) is 7.71. The van der Waals surface area contributed by atoms with Crippen molar-refractivity contribution in [1.82, 2.24) is 0 Å². The van der Waals surface area contributed by atoms with Crippen molar-refractivity contribution >= 4 is 17.6 Å². The summed E-state index contributed by atoms with van der Waals surface area (Å²) in [7, 11) is 0. The van der Waals surface area contributed by atoms with Gasteiger partial charge >= 0.3 is 0 Å². The Kier molecular flexibility index (Phi) is 7.72. The predicted octanol–water partition coefficient (Wildman–Crippen LogP) is 5.46. The summed E-state index contributed by atoms with van der Waals surface area (Å²) in [5, 5.41) is 0. The Labute approximate surface area is 178 Å². The topological polar surface area (TPSA) is 55.7 Å². The van der Waals surface area contributed by atoms with Crippen molar-refractivity contribution < 1.29 is 14.3 Å². The minimum Gasteiger partial charge on any atom is -0.456 e. The number of benzene rings is 2. The van der Waals surface area contributed by atoms with Crippen molar-refractivity contribution in [2.45, 2.75) is 57.5 Å². The average molecular weight is 404 g/mol. The Morgan fingerprint density at radius 2 is 1.63 bits per heavy atom. The first kappa shape index (κ1) is 21.7. The fourth-order valence-corrected chi connectivity index (χ4v) is 3.52. The largest absolute Gasteiger partial charge is 0.456 e. The standard InChI is InChI=1S/C26H29NO3/c1-2-3-4-5-12-17-23(28)18-19-26(20-21-13-8-6-9-14-21)25(29)27-24(30-26)22-15-10-7-11-16-22/h6-11,13-16,18-19H,2-5,12,17,20H2,1H3/b19-18+/t26-/m0/s1. The van der Waals surface area contributed by atoms with Gasteiger partial charge in [-0.2, -0.15) is 4.99 Å². The van der Waals surface area contributed by atoms with Crippen LogP contribution in [-0.2, 0) is 20.7 Å². The summed E-state index contributed by atoms with van der Waals surface area (Å²) in [5.74, 6) is -0.0612. The first-order valence-corrected chi connectivity index (χ1v) is 10.8. The van der Waals surface area contributed by atoms with E-state index in [9.17, 15) is 9.59 Å². The summed E-state index contributed by atoms with van der Waals surface area (Å²) < 4.78 is 6.12. The van der Waals surface area contributed by atoms with Crippen LogP contribution >= 0.6 is 0 Å². The zero-order valence-corrected chi connectivity index (χ0v) is 17.5. The van der Waals surface area contributed by atoms with Gasteiger partial charge in [-0.05, 0) is 36.3 Å². The van der Waals surface area contributed by atoms with Gasteiger partial charge in [0, 0.05) is 18.4 Å². The Morgan fingerprint density at radius 1 is 0.967 bits per heavy atom. The molecule has 1 amide bonds. The minimum absolute atomic E-state index is 0.0171. The molecule has 3 rings (SSSR count). The van der Waals surface area contributed by atoms with E-state index >= 15 is 0 Å². The minimum atomic E-state index is -1.29. The highest BCUT2D eigenvalue weighted by molar-refractivity contribution is 6.10.